The first kappa shape index (κ1) is 37.8. The number of aromatic nitrogens is 1. The monoisotopic (exact) mass is 703 g/mol. The van der Waals surface area contributed by atoms with Crippen molar-refractivity contribution in [3.8, 4) is 5.75 Å². The summed E-state index contributed by atoms with van der Waals surface area (Å²) in [4.78, 5) is 28.7. The van der Waals surface area contributed by atoms with E-state index in [2.05, 4.69) is 15.8 Å². The lowest BCUT2D eigenvalue weighted by molar-refractivity contribution is -0.00834. The number of nitrogens with one attached hydrogen (secondary N) is 2. The van der Waals surface area contributed by atoms with E-state index < -0.39 is 45.8 Å². The smallest absolute Gasteiger partial charge is 0.323 e. The van der Waals surface area contributed by atoms with Gasteiger partial charge in [-0.15, -0.1) is 0 Å². The van der Waals surface area contributed by atoms with Gasteiger partial charge in [-0.1, -0.05) is 12.1 Å². The Morgan fingerprint density at radius 1 is 1.14 bits per heavy atom. The highest BCUT2D eigenvalue weighted by Gasteiger charge is 2.32. The van der Waals surface area contributed by atoms with Crippen LogP contribution in [0, 0.1) is 25.6 Å². The minimum atomic E-state index is -3.97. The number of ether oxygens (including phenoxy) is 2. The van der Waals surface area contributed by atoms with E-state index in [-0.39, 0.29) is 36.3 Å². The number of carbonyl (C=O) groups is 2. The molecule has 1 aromatic heterocycles. The average Bonchev–Trinajstić information content (AvgIpc) is 3.38. The van der Waals surface area contributed by atoms with Gasteiger partial charge in [-0.25, -0.2) is 17.6 Å². The summed E-state index contributed by atoms with van der Waals surface area (Å²) in [5.41, 5.74) is 1.46. The van der Waals surface area contributed by atoms with E-state index in [1.807, 2.05) is 13.8 Å². The maximum absolute atomic E-state index is 14.4. The first-order valence-corrected chi connectivity index (χ1v) is 17.7. The molecular formula is C34H46FN5O8S. The van der Waals surface area contributed by atoms with E-state index in [0.717, 1.165) is 18.6 Å². The summed E-state index contributed by atoms with van der Waals surface area (Å²) >= 11 is 0. The van der Waals surface area contributed by atoms with Crippen LogP contribution in [0.15, 0.2) is 51.9 Å². The molecule has 3 amide bonds. The second-order valence-electron chi connectivity index (χ2n) is 12.5. The number of hydrogen-bond donors (Lipinski definition) is 3. The van der Waals surface area contributed by atoms with Gasteiger partial charge in [0.15, 0.2) is 5.76 Å². The maximum atomic E-state index is 14.4. The number of sulfonamides is 1. The molecule has 0 saturated carbocycles. The molecule has 2 heterocycles. The Bertz CT molecular complexity index is 1680. The van der Waals surface area contributed by atoms with Crippen molar-refractivity contribution in [2.45, 2.75) is 77.0 Å². The molecule has 3 aromatic rings. The summed E-state index contributed by atoms with van der Waals surface area (Å²) < 4.78 is 59.0. The number of aliphatic hydroxyl groups excluding tert-OH is 1. The number of anilines is 2. The zero-order chi connectivity index (χ0) is 35.9. The minimum absolute atomic E-state index is 0.0270. The molecule has 2 aromatic carbocycles. The standard InChI is InChI=1S/C34H46FN5O8S/c1-21-18-40(22(2)20-41)33(42)29-17-27(36-34(43)37-32-24(4)38-48-25(32)5)12-15-30(29)47-23(3)9-7-8-16-46-31(21)19-39(6)49(44,45)28-13-10-26(35)11-14-28/h10-15,17,21-23,31,41H,7-9,16,18-20H2,1-6H3,(H2,36,37,43)/t21-,22+,23-,31-/m1/s1. The highest BCUT2D eigenvalue weighted by molar-refractivity contribution is 7.89. The fourth-order valence-electron chi connectivity index (χ4n) is 5.54. The molecule has 0 saturated heterocycles. The van der Waals surface area contributed by atoms with Crippen molar-refractivity contribution in [1.29, 1.82) is 0 Å². The minimum Gasteiger partial charge on any atom is -0.490 e. The summed E-state index contributed by atoms with van der Waals surface area (Å²) in [6.45, 7) is 8.94. The summed E-state index contributed by atoms with van der Waals surface area (Å²) in [5, 5.41) is 19.5. The number of carbonyl (C=O) groups excluding carboxylic acids is 2. The molecular weight excluding hydrogens is 657 g/mol. The molecule has 0 fully saturated rings. The van der Waals surface area contributed by atoms with Crippen LogP contribution in [0.25, 0.3) is 0 Å². The van der Waals surface area contributed by atoms with Crippen molar-refractivity contribution >= 4 is 33.3 Å². The van der Waals surface area contributed by atoms with Gasteiger partial charge in [0.2, 0.25) is 10.0 Å². The van der Waals surface area contributed by atoms with Crippen molar-refractivity contribution in [2.24, 2.45) is 5.92 Å². The molecule has 0 aliphatic carbocycles. The Labute approximate surface area is 286 Å². The van der Waals surface area contributed by atoms with Gasteiger partial charge in [0.1, 0.15) is 22.9 Å². The molecule has 0 spiro atoms. The zero-order valence-corrected chi connectivity index (χ0v) is 29.5. The first-order valence-electron chi connectivity index (χ1n) is 16.3. The van der Waals surface area contributed by atoms with Crippen LogP contribution in [-0.4, -0.2) is 91.4 Å². The third-order valence-electron chi connectivity index (χ3n) is 8.54. The molecule has 49 heavy (non-hydrogen) atoms. The molecule has 4 atom stereocenters. The molecule has 1 aliphatic rings. The van der Waals surface area contributed by atoms with E-state index in [9.17, 15) is 27.5 Å². The van der Waals surface area contributed by atoms with Gasteiger partial charge >= 0.3 is 6.03 Å². The number of benzene rings is 2. The second kappa shape index (κ2) is 16.6. The van der Waals surface area contributed by atoms with E-state index in [0.29, 0.717) is 48.0 Å². The van der Waals surface area contributed by atoms with Gasteiger partial charge in [0.05, 0.1) is 35.3 Å². The quantitative estimate of drug-likeness (QED) is 0.287. The molecule has 0 bridgehead atoms. The Morgan fingerprint density at radius 3 is 2.51 bits per heavy atom. The summed E-state index contributed by atoms with van der Waals surface area (Å²) in [6, 6.07) is 8.22. The van der Waals surface area contributed by atoms with Crippen LogP contribution in [-0.2, 0) is 14.8 Å². The third-order valence-corrected chi connectivity index (χ3v) is 10.4. The predicted octanol–water partition coefficient (Wildman–Crippen LogP) is 5.19. The van der Waals surface area contributed by atoms with Crippen molar-refractivity contribution in [2.75, 3.05) is 44.0 Å². The predicted molar refractivity (Wildman–Crippen MR) is 182 cm³/mol. The highest BCUT2D eigenvalue weighted by atomic mass is 32.2. The average molecular weight is 704 g/mol. The number of aliphatic hydroxyl groups is 1. The van der Waals surface area contributed by atoms with Crippen LogP contribution in [0.5, 0.6) is 5.75 Å². The van der Waals surface area contributed by atoms with Crippen LogP contribution in [0.4, 0.5) is 20.6 Å². The van der Waals surface area contributed by atoms with Crippen LogP contribution < -0.4 is 15.4 Å². The second-order valence-corrected chi connectivity index (χ2v) is 14.6. The van der Waals surface area contributed by atoms with Crippen molar-refractivity contribution in [3.05, 3.63) is 65.3 Å². The summed E-state index contributed by atoms with van der Waals surface area (Å²) in [6.07, 6.45) is 1.22. The van der Waals surface area contributed by atoms with Gasteiger partial charge in [-0.3, -0.25) is 4.79 Å². The van der Waals surface area contributed by atoms with Crippen LogP contribution in [0.3, 0.4) is 0 Å². The van der Waals surface area contributed by atoms with Gasteiger partial charge < -0.3 is 34.6 Å². The first-order chi connectivity index (χ1) is 23.2. The fourth-order valence-corrected chi connectivity index (χ4v) is 6.72. The van der Waals surface area contributed by atoms with Gasteiger partial charge in [-0.2, -0.15) is 4.31 Å². The lowest BCUT2D eigenvalue weighted by atomic mass is 10.0. The zero-order valence-electron chi connectivity index (χ0n) is 28.7. The molecule has 0 unspecified atom stereocenters. The number of amides is 3. The summed E-state index contributed by atoms with van der Waals surface area (Å²) in [5.74, 6) is -0.617. The van der Waals surface area contributed by atoms with E-state index >= 15 is 0 Å². The third kappa shape index (κ3) is 9.56. The molecule has 268 valence electrons. The number of rotatable bonds is 8. The van der Waals surface area contributed by atoms with Crippen LogP contribution in [0.2, 0.25) is 0 Å². The Hall–Kier alpha value is -4.05. The number of likely N-dealkylation sites (N-methyl/N-ethyl adjacent to an activating group) is 1. The number of halogens is 1. The van der Waals surface area contributed by atoms with Crippen molar-refractivity contribution in [1.82, 2.24) is 14.4 Å². The molecule has 3 N–H and O–H groups in total. The maximum Gasteiger partial charge on any atom is 0.323 e. The Balaban J connectivity index is 1.63. The fraction of sp³-hybridized carbons (Fsp3) is 0.500. The Kier molecular flexibility index (Phi) is 12.8. The number of nitrogens with zero attached hydrogens (tertiary/aromatic N) is 3. The molecule has 15 heteroatoms. The SMILES string of the molecule is Cc1noc(C)c1NC(=O)Nc1ccc2c(c1)C(=O)N([C@@H](C)CO)C[C@@H](C)[C@@H](CN(C)S(=O)(=O)c1ccc(F)cc1)OCCCC[C@@H](C)O2. The van der Waals surface area contributed by atoms with Gasteiger partial charge in [0.25, 0.3) is 5.91 Å². The number of urea groups is 1. The van der Waals surface area contributed by atoms with Gasteiger partial charge in [0, 0.05) is 38.3 Å². The van der Waals surface area contributed by atoms with E-state index in [4.69, 9.17) is 14.0 Å². The highest BCUT2D eigenvalue weighted by Crippen LogP contribution is 2.29. The summed E-state index contributed by atoms with van der Waals surface area (Å²) in [7, 11) is -2.53. The number of aryl methyl sites for hydroxylation is 2. The molecule has 4 rings (SSSR count). The van der Waals surface area contributed by atoms with E-state index in [1.165, 1.54) is 34.5 Å². The Morgan fingerprint density at radius 2 is 1.86 bits per heavy atom. The molecule has 1 aliphatic heterocycles. The van der Waals surface area contributed by atoms with E-state index in [1.54, 1.807) is 32.9 Å². The van der Waals surface area contributed by atoms with Crippen molar-refractivity contribution < 1.29 is 41.5 Å². The number of fused-ring (bicyclic) bond motifs is 1. The normalized spacial score (nSPS) is 20.2. The topological polar surface area (TPSA) is 164 Å². The molecule has 0 radical (unpaired) electrons. The molecule has 13 nitrogen and oxygen atoms in total. The van der Waals surface area contributed by atoms with Crippen LogP contribution in [0.1, 0.15) is 61.8 Å². The van der Waals surface area contributed by atoms with Gasteiger partial charge in [-0.05, 0) is 89.4 Å². The lowest BCUT2D eigenvalue weighted by Crippen LogP contribution is -2.48. The largest absolute Gasteiger partial charge is 0.490 e. The lowest BCUT2D eigenvalue weighted by Gasteiger charge is -2.35. The van der Waals surface area contributed by atoms with Crippen molar-refractivity contribution in [3.63, 3.8) is 0 Å². The van der Waals surface area contributed by atoms with Crippen LogP contribution >= 0.6 is 0 Å². The number of hydrogen-bond acceptors (Lipinski definition) is 9.